The van der Waals surface area contributed by atoms with Crippen molar-refractivity contribution in [3.63, 3.8) is 0 Å². The van der Waals surface area contributed by atoms with Gasteiger partial charge in [0.25, 0.3) is 0 Å². The third-order valence-corrected chi connectivity index (χ3v) is 6.99. The number of nitrogens with one attached hydrogen (secondary N) is 2. The number of hydrogen-bond donors (Lipinski definition) is 2. The van der Waals surface area contributed by atoms with Crippen molar-refractivity contribution in [3.05, 3.63) is 59.9 Å². The standard InChI is InChI=1S/C25H23F3N4O2/c26-25(27,28)14-4-3-5-15(12-14)29-23(34)24(10-11-24)31-22(33)18-13-17(18)21-30-19-6-1-2-7-20(19)32(21)16-8-9-16/h1-7,12,16-18H,8-11,13H2,(H,29,34)(H,31,33)/t17-,18-/m0/s1. The molecule has 1 aromatic heterocycles. The number of halogens is 3. The lowest BCUT2D eigenvalue weighted by molar-refractivity contribution is -0.137. The molecule has 6 rings (SSSR count). The SMILES string of the molecule is O=C(NC1(C(=O)Nc2cccc(C(F)(F)F)c2)CC1)[C@H]1C[C@@H]1c1nc2ccccc2n1C1CC1. The van der Waals surface area contributed by atoms with Crippen LogP contribution in [0.4, 0.5) is 18.9 Å². The summed E-state index contributed by atoms with van der Waals surface area (Å²) in [5.74, 6) is 0.00396. The highest BCUT2D eigenvalue weighted by Crippen LogP contribution is 2.51. The molecule has 3 fully saturated rings. The van der Waals surface area contributed by atoms with Crippen LogP contribution in [0.15, 0.2) is 48.5 Å². The molecular weight excluding hydrogens is 445 g/mol. The van der Waals surface area contributed by atoms with Crippen LogP contribution < -0.4 is 10.6 Å². The van der Waals surface area contributed by atoms with Crippen molar-refractivity contribution in [2.45, 2.75) is 55.8 Å². The van der Waals surface area contributed by atoms with Gasteiger partial charge in [-0.15, -0.1) is 0 Å². The number of hydrogen-bond acceptors (Lipinski definition) is 3. The lowest BCUT2D eigenvalue weighted by atomic mass is 10.1. The van der Waals surface area contributed by atoms with Gasteiger partial charge < -0.3 is 15.2 Å². The first kappa shape index (κ1) is 21.2. The van der Waals surface area contributed by atoms with Gasteiger partial charge >= 0.3 is 6.18 Å². The monoisotopic (exact) mass is 468 g/mol. The molecule has 0 unspecified atom stereocenters. The van der Waals surface area contributed by atoms with Crippen molar-refractivity contribution >= 4 is 28.5 Å². The Labute approximate surface area is 193 Å². The number of aromatic nitrogens is 2. The van der Waals surface area contributed by atoms with Crippen LogP contribution in [-0.2, 0) is 15.8 Å². The molecule has 2 amide bonds. The van der Waals surface area contributed by atoms with Crippen LogP contribution in [0, 0.1) is 5.92 Å². The summed E-state index contributed by atoms with van der Waals surface area (Å²) >= 11 is 0. The average molecular weight is 468 g/mol. The Morgan fingerprint density at radius 2 is 1.82 bits per heavy atom. The molecule has 1 heterocycles. The second kappa shape index (κ2) is 7.32. The van der Waals surface area contributed by atoms with Gasteiger partial charge in [-0.05, 0) is 62.4 Å². The normalized spacial score (nSPS) is 22.9. The quantitative estimate of drug-likeness (QED) is 0.547. The zero-order chi connectivity index (χ0) is 23.7. The van der Waals surface area contributed by atoms with Gasteiger partial charge in [-0.2, -0.15) is 13.2 Å². The fourth-order valence-corrected chi connectivity index (χ4v) is 4.70. The summed E-state index contributed by atoms with van der Waals surface area (Å²) in [6, 6.07) is 12.9. The van der Waals surface area contributed by atoms with Crippen LogP contribution in [0.2, 0.25) is 0 Å². The molecular formula is C25H23F3N4O2. The van der Waals surface area contributed by atoms with Crippen molar-refractivity contribution in [1.29, 1.82) is 0 Å². The molecule has 2 N–H and O–H groups in total. The van der Waals surface area contributed by atoms with E-state index in [1.165, 1.54) is 12.1 Å². The Balaban J connectivity index is 1.14. The van der Waals surface area contributed by atoms with E-state index in [2.05, 4.69) is 21.3 Å². The minimum absolute atomic E-state index is 0.00956. The summed E-state index contributed by atoms with van der Waals surface area (Å²) < 4.78 is 41.2. The van der Waals surface area contributed by atoms with E-state index in [1.807, 2.05) is 18.2 Å². The maximum absolute atomic E-state index is 13.0. The second-order valence-corrected chi connectivity index (χ2v) is 9.61. The molecule has 3 aliphatic carbocycles. The maximum Gasteiger partial charge on any atom is 0.416 e. The first-order valence-electron chi connectivity index (χ1n) is 11.5. The summed E-state index contributed by atoms with van der Waals surface area (Å²) in [6.07, 6.45) is -0.689. The van der Waals surface area contributed by atoms with Gasteiger partial charge in [0.15, 0.2) is 0 Å². The van der Waals surface area contributed by atoms with Crippen LogP contribution in [0.5, 0.6) is 0 Å². The molecule has 3 aliphatic rings. The van der Waals surface area contributed by atoms with E-state index < -0.39 is 23.2 Å². The summed E-state index contributed by atoms with van der Waals surface area (Å²) in [4.78, 5) is 30.7. The van der Waals surface area contributed by atoms with Crippen LogP contribution >= 0.6 is 0 Å². The Hall–Kier alpha value is -3.36. The summed E-state index contributed by atoms with van der Waals surface area (Å²) in [5, 5.41) is 5.43. The van der Waals surface area contributed by atoms with E-state index in [9.17, 15) is 22.8 Å². The average Bonchev–Trinajstić information content (AvgIpc) is 3.68. The van der Waals surface area contributed by atoms with E-state index in [-0.39, 0.29) is 23.4 Å². The number of imidazole rings is 1. The lowest BCUT2D eigenvalue weighted by Gasteiger charge is -2.18. The molecule has 34 heavy (non-hydrogen) atoms. The first-order valence-corrected chi connectivity index (χ1v) is 11.5. The van der Waals surface area contributed by atoms with Gasteiger partial charge in [0, 0.05) is 23.6 Å². The number of carbonyl (C=O) groups is 2. The van der Waals surface area contributed by atoms with Gasteiger partial charge in [0.05, 0.1) is 16.6 Å². The van der Waals surface area contributed by atoms with Crippen LogP contribution in [0.25, 0.3) is 11.0 Å². The fraction of sp³-hybridized carbons (Fsp3) is 0.400. The zero-order valence-electron chi connectivity index (χ0n) is 18.2. The van der Waals surface area contributed by atoms with E-state index in [1.54, 1.807) is 0 Å². The molecule has 0 radical (unpaired) electrons. The molecule has 3 saturated carbocycles. The number of fused-ring (bicyclic) bond motifs is 1. The number of benzene rings is 2. The highest BCUT2D eigenvalue weighted by molar-refractivity contribution is 6.03. The van der Waals surface area contributed by atoms with Crippen LogP contribution in [0.1, 0.15) is 55.5 Å². The summed E-state index contributed by atoms with van der Waals surface area (Å²) in [7, 11) is 0. The van der Waals surface area contributed by atoms with Crippen molar-refractivity contribution in [3.8, 4) is 0 Å². The number of amides is 2. The molecule has 0 saturated heterocycles. The van der Waals surface area contributed by atoms with Gasteiger partial charge in [-0.3, -0.25) is 9.59 Å². The van der Waals surface area contributed by atoms with E-state index in [0.29, 0.717) is 25.3 Å². The Kier molecular flexibility index (Phi) is 4.56. The molecule has 9 heteroatoms. The predicted molar refractivity (Wildman–Crippen MR) is 119 cm³/mol. The number of rotatable bonds is 6. The number of anilines is 1. The van der Waals surface area contributed by atoms with E-state index in [4.69, 9.17) is 4.98 Å². The first-order chi connectivity index (χ1) is 16.2. The molecule has 6 nitrogen and oxygen atoms in total. The topological polar surface area (TPSA) is 76.0 Å². The van der Waals surface area contributed by atoms with Gasteiger partial charge in [-0.25, -0.2) is 4.98 Å². The van der Waals surface area contributed by atoms with E-state index in [0.717, 1.165) is 41.8 Å². The number of nitrogens with zero attached hydrogens (tertiary/aromatic N) is 2. The van der Waals surface area contributed by atoms with Gasteiger partial charge in [0.1, 0.15) is 11.4 Å². The second-order valence-electron chi connectivity index (χ2n) is 9.61. The van der Waals surface area contributed by atoms with Crippen LogP contribution in [0.3, 0.4) is 0 Å². The number of para-hydroxylation sites is 2. The summed E-state index contributed by atoms with van der Waals surface area (Å²) in [6.45, 7) is 0. The Morgan fingerprint density at radius 1 is 1.06 bits per heavy atom. The van der Waals surface area contributed by atoms with Crippen molar-refractivity contribution in [1.82, 2.24) is 14.9 Å². The molecule has 2 atom stereocenters. The molecule has 3 aromatic rings. The van der Waals surface area contributed by atoms with Crippen molar-refractivity contribution in [2.75, 3.05) is 5.32 Å². The third-order valence-electron chi connectivity index (χ3n) is 6.99. The zero-order valence-corrected chi connectivity index (χ0v) is 18.2. The Morgan fingerprint density at radius 3 is 2.53 bits per heavy atom. The maximum atomic E-state index is 13.0. The fourth-order valence-electron chi connectivity index (χ4n) is 4.70. The van der Waals surface area contributed by atoms with Crippen molar-refractivity contribution in [2.24, 2.45) is 5.92 Å². The predicted octanol–water partition coefficient (Wildman–Crippen LogP) is 4.78. The molecule has 2 aromatic carbocycles. The van der Waals surface area contributed by atoms with Crippen molar-refractivity contribution < 1.29 is 22.8 Å². The number of carbonyl (C=O) groups excluding carboxylic acids is 2. The van der Waals surface area contributed by atoms with E-state index >= 15 is 0 Å². The highest BCUT2D eigenvalue weighted by atomic mass is 19.4. The lowest BCUT2D eigenvalue weighted by Crippen LogP contribution is -2.46. The minimum atomic E-state index is -4.50. The molecule has 0 aliphatic heterocycles. The van der Waals surface area contributed by atoms with Gasteiger partial charge in [-0.1, -0.05) is 18.2 Å². The molecule has 0 bridgehead atoms. The third kappa shape index (κ3) is 3.73. The molecule has 176 valence electrons. The van der Waals surface area contributed by atoms with Gasteiger partial charge in [0.2, 0.25) is 11.8 Å². The molecule has 0 spiro atoms. The number of alkyl halides is 3. The largest absolute Gasteiger partial charge is 0.416 e. The highest BCUT2D eigenvalue weighted by Gasteiger charge is 2.55. The summed E-state index contributed by atoms with van der Waals surface area (Å²) in [5.41, 5.74) is 0.177. The smallest absolute Gasteiger partial charge is 0.341 e. The Bertz CT molecular complexity index is 1310. The van der Waals surface area contributed by atoms with Crippen LogP contribution in [-0.4, -0.2) is 26.9 Å². The minimum Gasteiger partial charge on any atom is -0.341 e.